The minimum absolute atomic E-state index is 0.0366. The van der Waals surface area contributed by atoms with E-state index < -0.39 is 10.0 Å². The number of piperidine rings is 1. The van der Waals surface area contributed by atoms with Crippen molar-refractivity contribution in [3.05, 3.63) is 60.7 Å². The summed E-state index contributed by atoms with van der Waals surface area (Å²) < 4.78 is 26.9. The normalized spacial score (nSPS) is 15.6. The molecule has 0 aromatic heterocycles. The maximum absolute atomic E-state index is 12.7. The zero-order valence-electron chi connectivity index (χ0n) is 17.5. The summed E-state index contributed by atoms with van der Waals surface area (Å²) in [5.74, 6) is -0.0851. The van der Waals surface area contributed by atoms with Crippen LogP contribution in [-0.4, -0.2) is 51.4 Å². The maximum Gasteiger partial charge on any atom is 0.243 e. The minimum atomic E-state index is -3.47. The Labute approximate surface area is 179 Å². The van der Waals surface area contributed by atoms with Gasteiger partial charge >= 0.3 is 0 Å². The monoisotopic (exact) mass is 429 g/mol. The number of benzene rings is 2. The number of nitrogens with one attached hydrogen (secondary N) is 1. The Balaban J connectivity index is 1.41. The van der Waals surface area contributed by atoms with E-state index in [1.807, 2.05) is 18.2 Å². The Hall–Kier alpha value is -2.38. The smallest absolute Gasteiger partial charge is 0.243 e. The molecule has 1 saturated heterocycles. The number of sulfonamides is 1. The lowest BCUT2D eigenvalue weighted by Crippen LogP contribution is -2.43. The summed E-state index contributed by atoms with van der Waals surface area (Å²) in [5, 5.41) is 3.03. The van der Waals surface area contributed by atoms with E-state index in [1.54, 1.807) is 30.3 Å². The first-order valence-electron chi connectivity index (χ1n) is 10.6. The fraction of sp³-hybridized carbons (Fsp3) is 0.435. The number of anilines is 1. The Morgan fingerprint density at radius 2 is 1.63 bits per heavy atom. The first kappa shape index (κ1) is 22.3. The van der Waals surface area contributed by atoms with Crippen LogP contribution in [0, 0.1) is 5.92 Å². The first-order chi connectivity index (χ1) is 14.5. The van der Waals surface area contributed by atoms with Gasteiger partial charge < -0.3 is 10.2 Å². The molecule has 2 aromatic rings. The largest absolute Gasteiger partial charge is 0.372 e. The molecule has 0 radical (unpaired) electrons. The average molecular weight is 430 g/mol. The minimum Gasteiger partial charge on any atom is -0.372 e. The van der Waals surface area contributed by atoms with Gasteiger partial charge in [0.2, 0.25) is 15.9 Å². The SMILES string of the molecule is CCN(CCCNC(=O)C1CCN(S(=O)(=O)c2ccccc2)CC1)c1ccccc1. The summed E-state index contributed by atoms with van der Waals surface area (Å²) in [6, 6.07) is 18.7. The zero-order valence-corrected chi connectivity index (χ0v) is 18.4. The van der Waals surface area contributed by atoms with Gasteiger partial charge in [-0.05, 0) is 50.5 Å². The molecule has 3 rings (SSSR count). The second-order valence-corrected chi connectivity index (χ2v) is 9.49. The van der Waals surface area contributed by atoms with Gasteiger partial charge in [0, 0.05) is 44.3 Å². The fourth-order valence-electron chi connectivity index (χ4n) is 3.83. The lowest BCUT2D eigenvalue weighted by molar-refractivity contribution is -0.126. The number of nitrogens with zero attached hydrogens (tertiary/aromatic N) is 2. The second kappa shape index (κ2) is 10.6. The van der Waals surface area contributed by atoms with Gasteiger partial charge in [0.1, 0.15) is 0 Å². The van der Waals surface area contributed by atoms with E-state index in [2.05, 4.69) is 29.3 Å². The van der Waals surface area contributed by atoms with Crippen molar-refractivity contribution in [3.63, 3.8) is 0 Å². The fourth-order valence-corrected chi connectivity index (χ4v) is 5.33. The molecule has 1 heterocycles. The molecule has 6 nitrogen and oxygen atoms in total. The third-order valence-electron chi connectivity index (χ3n) is 5.61. The van der Waals surface area contributed by atoms with Crippen molar-refractivity contribution in [3.8, 4) is 0 Å². The van der Waals surface area contributed by atoms with E-state index in [0.717, 1.165) is 19.5 Å². The molecule has 1 aliphatic heterocycles. The highest BCUT2D eigenvalue weighted by atomic mass is 32.2. The molecule has 0 aliphatic carbocycles. The van der Waals surface area contributed by atoms with Crippen molar-refractivity contribution < 1.29 is 13.2 Å². The van der Waals surface area contributed by atoms with Crippen molar-refractivity contribution >= 4 is 21.6 Å². The third kappa shape index (κ3) is 5.61. The van der Waals surface area contributed by atoms with Crippen LogP contribution in [0.25, 0.3) is 0 Å². The number of carbonyl (C=O) groups excluding carboxylic acids is 1. The van der Waals surface area contributed by atoms with Crippen molar-refractivity contribution in [2.75, 3.05) is 37.6 Å². The van der Waals surface area contributed by atoms with E-state index >= 15 is 0 Å². The van der Waals surface area contributed by atoms with Gasteiger partial charge in [0.05, 0.1) is 4.90 Å². The lowest BCUT2D eigenvalue weighted by atomic mass is 9.97. The van der Waals surface area contributed by atoms with Crippen LogP contribution in [0.2, 0.25) is 0 Å². The van der Waals surface area contributed by atoms with Crippen LogP contribution in [0.15, 0.2) is 65.6 Å². The van der Waals surface area contributed by atoms with Crippen molar-refractivity contribution in [2.24, 2.45) is 5.92 Å². The molecule has 0 bridgehead atoms. The van der Waals surface area contributed by atoms with E-state index in [9.17, 15) is 13.2 Å². The van der Waals surface area contributed by atoms with Gasteiger partial charge in [-0.25, -0.2) is 8.42 Å². The lowest BCUT2D eigenvalue weighted by Gasteiger charge is -2.30. The molecule has 30 heavy (non-hydrogen) atoms. The molecule has 7 heteroatoms. The molecule has 1 fully saturated rings. The highest BCUT2D eigenvalue weighted by Gasteiger charge is 2.31. The van der Waals surface area contributed by atoms with Crippen LogP contribution in [0.5, 0.6) is 0 Å². The molecule has 0 spiro atoms. The molecule has 0 saturated carbocycles. The number of amides is 1. The number of hydrogen-bond acceptors (Lipinski definition) is 4. The summed E-state index contributed by atoms with van der Waals surface area (Å²) in [5.41, 5.74) is 1.19. The van der Waals surface area contributed by atoms with Crippen LogP contribution in [0.4, 0.5) is 5.69 Å². The summed E-state index contributed by atoms with van der Waals surface area (Å²) in [7, 11) is -3.47. The van der Waals surface area contributed by atoms with Crippen molar-refractivity contribution in [2.45, 2.75) is 31.1 Å². The molecule has 1 aliphatic rings. The Morgan fingerprint density at radius 1 is 1.03 bits per heavy atom. The van der Waals surface area contributed by atoms with E-state index in [4.69, 9.17) is 0 Å². The summed E-state index contributed by atoms with van der Waals surface area (Å²) >= 11 is 0. The predicted molar refractivity (Wildman–Crippen MR) is 120 cm³/mol. The predicted octanol–water partition coefficient (Wildman–Crippen LogP) is 3.12. The number of rotatable bonds is 9. The maximum atomic E-state index is 12.7. The van der Waals surface area contributed by atoms with Crippen LogP contribution >= 0.6 is 0 Å². The van der Waals surface area contributed by atoms with E-state index in [1.165, 1.54) is 9.99 Å². The van der Waals surface area contributed by atoms with Crippen molar-refractivity contribution in [1.29, 1.82) is 0 Å². The molecule has 162 valence electrons. The van der Waals surface area contributed by atoms with E-state index in [0.29, 0.717) is 37.4 Å². The second-order valence-electron chi connectivity index (χ2n) is 7.55. The van der Waals surface area contributed by atoms with Crippen molar-refractivity contribution in [1.82, 2.24) is 9.62 Å². The van der Waals surface area contributed by atoms with Gasteiger partial charge in [0.15, 0.2) is 0 Å². The number of hydrogen-bond donors (Lipinski definition) is 1. The van der Waals surface area contributed by atoms with Gasteiger partial charge in [-0.1, -0.05) is 36.4 Å². The molecule has 2 aromatic carbocycles. The molecule has 1 amide bonds. The quantitative estimate of drug-likeness (QED) is 0.622. The van der Waals surface area contributed by atoms with Gasteiger partial charge in [-0.2, -0.15) is 4.31 Å². The molecular formula is C23H31N3O3S. The van der Waals surface area contributed by atoms with Crippen LogP contribution in [0.3, 0.4) is 0 Å². The standard InChI is InChI=1S/C23H31N3O3S/c1-2-25(21-10-5-3-6-11-21)17-9-16-24-23(27)20-14-18-26(19-15-20)30(28,29)22-12-7-4-8-13-22/h3-8,10-13,20H,2,9,14-19H2,1H3,(H,24,27). The van der Waals surface area contributed by atoms with E-state index in [-0.39, 0.29) is 11.8 Å². The average Bonchev–Trinajstić information content (AvgIpc) is 2.80. The zero-order chi connectivity index (χ0) is 21.4. The van der Waals surface area contributed by atoms with Gasteiger partial charge in [-0.3, -0.25) is 4.79 Å². The highest BCUT2D eigenvalue weighted by molar-refractivity contribution is 7.89. The Kier molecular flexibility index (Phi) is 7.87. The van der Waals surface area contributed by atoms with Crippen LogP contribution in [-0.2, 0) is 14.8 Å². The molecule has 0 atom stereocenters. The third-order valence-corrected chi connectivity index (χ3v) is 7.53. The summed E-state index contributed by atoms with van der Waals surface area (Å²) in [6.45, 7) is 5.33. The van der Waals surface area contributed by atoms with Gasteiger partial charge in [-0.15, -0.1) is 0 Å². The topological polar surface area (TPSA) is 69.7 Å². The van der Waals surface area contributed by atoms with Gasteiger partial charge in [0.25, 0.3) is 0 Å². The Bertz CT molecular complexity index is 896. The Morgan fingerprint density at radius 3 is 2.23 bits per heavy atom. The molecular weight excluding hydrogens is 398 g/mol. The summed E-state index contributed by atoms with van der Waals surface area (Å²) in [4.78, 5) is 15.1. The summed E-state index contributed by atoms with van der Waals surface area (Å²) in [6.07, 6.45) is 1.99. The number of carbonyl (C=O) groups is 1. The number of para-hydroxylation sites is 1. The first-order valence-corrected chi connectivity index (χ1v) is 12.1. The molecule has 1 N–H and O–H groups in total. The highest BCUT2D eigenvalue weighted by Crippen LogP contribution is 2.23. The van der Waals surface area contributed by atoms with Crippen LogP contribution < -0.4 is 10.2 Å². The molecule has 0 unspecified atom stereocenters. The van der Waals surface area contributed by atoms with Crippen LogP contribution in [0.1, 0.15) is 26.2 Å².